The zero-order valence-corrected chi connectivity index (χ0v) is 14.5. The van der Waals surface area contributed by atoms with E-state index in [0.29, 0.717) is 16.9 Å². The van der Waals surface area contributed by atoms with Crippen molar-refractivity contribution >= 4 is 0 Å². The van der Waals surface area contributed by atoms with Gasteiger partial charge in [0.25, 0.3) is 0 Å². The van der Waals surface area contributed by atoms with E-state index in [2.05, 4.69) is 18.7 Å². The molecule has 4 aliphatic rings. The second kappa shape index (κ2) is 5.75. The van der Waals surface area contributed by atoms with Crippen LogP contribution in [0.3, 0.4) is 0 Å². The molecule has 0 N–H and O–H groups in total. The third-order valence-corrected chi connectivity index (χ3v) is 7.23. The fraction of sp³-hybridized carbons (Fsp3) is 1.00. The Labute approximate surface area is 135 Å². The van der Waals surface area contributed by atoms with Gasteiger partial charge in [-0.25, -0.2) is 0 Å². The van der Waals surface area contributed by atoms with E-state index in [1.54, 1.807) is 0 Å². The van der Waals surface area contributed by atoms with Crippen LogP contribution in [0, 0.1) is 16.7 Å². The molecule has 0 aromatic rings. The molecule has 2 aliphatic carbocycles. The van der Waals surface area contributed by atoms with Gasteiger partial charge in [0.2, 0.25) is 0 Å². The van der Waals surface area contributed by atoms with E-state index < -0.39 is 0 Å². The Morgan fingerprint density at radius 3 is 2.59 bits per heavy atom. The molecule has 0 radical (unpaired) electrons. The third-order valence-electron chi connectivity index (χ3n) is 7.23. The predicted octanol–water partition coefficient (Wildman–Crippen LogP) is 3.82. The lowest BCUT2D eigenvalue weighted by atomic mass is 9.63. The van der Waals surface area contributed by atoms with Crippen molar-refractivity contribution in [3.63, 3.8) is 0 Å². The summed E-state index contributed by atoms with van der Waals surface area (Å²) in [5.41, 5.74) is 0.968. The molecular formula is C19H33NO2. The minimum atomic E-state index is 0.0610. The molecule has 3 nitrogen and oxygen atoms in total. The first-order chi connectivity index (χ1) is 10.6. The number of hydrogen-bond donors (Lipinski definition) is 0. The lowest BCUT2D eigenvalue weighted by molar-refractivity contribution is -0.105. The Kier molecular flexibility index (Phi) is 4.03. The molecule has 2 bridgehead atoms. The van der Waals surface area contributed by atoms with Gasteiger partial charge in [-0.1, -0.05) is 20.3 Å². The maximum Gasteiger partial charge on any atom is 0.158 e. The molecule has 0 aromatic heterocycles. The molecule has 0 unspecified atom stereocenters. The Bertz CT molecular complexity index is 404. The standard InChI is InChI=1S/C19H33NO2/c1-18(2)10-15-6-7-19(18,11-15)12-17-21-14-16(22-17)13-20-8-4-3-5-9-20/h15-17H,3-14H2,1-2H3/t15-,16+,17-,19-/m1/s1. The van der Waals surface area contributed by atoms with Crippen LogP contribution in [0.15, 0.2) is 0 Å². The molecule has 2 saturated heterocycles. The van der Waals surface area contributed by atoms with Crippen LogP contribution in [0.1, 0.15) is 65.2 Å². The number of piperidine rings is 1. The van der Waals surface area contributed by atoms with E-state index in [9.17, 15) is 0 Å². The molecule has 0 aromatic carbocycles. The van der Waals surface area contributed by atoms with Crippen molar-refractivity contribution in [2.45, 2.75) is 77.6 Å². The van der Waals surface area contributed by atoms with Crippen LogP contribution in [0.5, 0.6) is 0 Å². The van der Waals surface area contributed by atoms with Gasteiger partial charge in [-0.15, -0.1) is 0 Å². The summed E-state index contributed by atoms with van der Waals surface area (Å²) in [4.78, 5) is 2.57. The molecule has 2 saturated carbocycles. The van der Waals surface area contributed by atoms with Crippen LogP contribution in [-0.2, 0) is 9.47 Å². The van der Waals surface area contributed by atoms with Crippen LogP contribution < -0.4 is 0 Å². The highest BCUT2D eigenvalue weighted by Crippen LogP contribution is 2.66. The second-order valence-corrected chi connectivity index (χ2v) is 9.06. The highest BCUT2D eigenvalue weighted by Gasteiger charge is 2.57. The highest BCUT2D eigenvalue weighted by atomic mass is 16.7. The zero-order valence-electron chi connectivity index (χ0n) is 14.5. The van der Waals surface area contributed by atoms with Gasteiger partial charge in [-0.3, -0.25) is 0 Å². The molecule has 2 aliphatic heterocycles. The average Bonchev–Trinajstić information content (AvgIpc) is 3.14. The van der Waals surface area contributed by atoms with Gasteiger partial charge in [-0.05, 0) is 68.4 Å². The van der Waals surface area contributed by atoms with Crippen molar-refractivity contribution in [3.8, 4) is 0 Å². The first-order valence-electron chi connectivity index (χ1n) is 9.56. The van der Waals surface area contributed by atoms with Crippen molar-refractivity contribution in [3.05, 3.63) is 0 Å². The Morgan fingerprint density at radius 1 is 1.09 bits per heavy atom. The minimum absolute atomic E-state index is 0.0610. The summed E-state index contributed by atoms with van der Waals surface area (Å²) >= 11 is 0. The van der Waals surface area contributed by atoms with Crippen LogP contribution >= 0.6 is 0 Å². The quantitative estimate of drug-likeness (QED) is 0.788. The van der Waals surface area contributed by atoms with Crippen LogP contribution in [-0.4, -0.2) is 43.5 Å². The van der Waals surface area contributed by atoms with Crippen molar-refractivity contribution in [2.24, 2.45) is 16.7 Å². The summed E-state index contributed by atoms with van der Waals surface area (Å²) in [5, 5.41) is 0. The number of likely N-dealkylation sites (tertiary alicyclic amines) is 1. The SMILES string of the molecule is CC1(C)C[C@H]2CC[C@]1(C[C@@H]1OC[C@H](CN3CCCCC3)O1)C2. The van der Waals surface area contributed by atoms with Crippen molar-refractivity contribution in [1.29, 1.82) is 0 Å². The zero-order chi connectivity index (χ0) is 15.2. The van der Waals surface area contributed by atoms with Gasteiger partial charge < -0.3 is 14.4 Å². The van der Waals surface area contributed by atoms with Gasteiger partial charge in [-0.2, -0.15) is 0 Å². The fourth-order valence-electron chi connectivity index (χ4n) is 5.89. The second-order valence-electron chi connectivity index (χ2n) is 9.06. The van der Waals surface area contributed by atoms with Crippen LogP contribution in [0.2, 0.25) is 0 Å². The Hall–Kier alpha value is -0.120. The molecule has 22 heavy (non-hydrogen) atoms. The monoisotopic (exact) mass is 307 g/mol. The van der Waals surface area contributed by atoms with E-state index in [4.69, 9.17) is 9.47 Å². The first-order valence-corrected chi connectivity index (χ1v) is 9.56. The molecule has 0 spiro atoms. The molecule has 0 amide bonds. The van der Waals surface area contributed by atoms with E-state index in [-0.39, 0.29) is 6.29 Å². The molecular weight excluding hydrogens is 274 g/mol. The van der Waals surface area contributed by atoms with Gasteiger partial charge in [0.15, 0.2) is 6.29 Å². The summed E-state index contributed by atoms with van der Waals surface area (Å²) in [6.45, 7) is 9.35. The number of fused-ring (bicyclic) bond motifs is 2. The smallest absolute Gasteiger partial charge is 0.158 e. The largest absolute Gasteiger partial charge is 0.350 e. The third kappa shape index (κ3) is 2.74. The number of rotatable bonds is 4. The average molecular weight is 307 g/mol. The Morgan fingerprint density at radius 2 is 1.91 bits per heavy atom. The van der Waals surface area contributed by atoms with Gasteiger partial charge in [0.05, 0.1) is 12.7 Å². The highest BCUT2D eigenvalue weighted by molar-refractivity contribution is 5.06. The minimum Gasteiger partial charge on any atom is -0.350 e. The summed E-state index contributed by atoms with van der Waals surface area (Å²) in [7, 11) is 0. The van der Waals surface area contributed by atoms with E-state index in [0.717, 1.165) is 25.5 Å². The summed E-state index contributed by atoms with van der Waals surface area (Å²) in [5.74, 6) is 0.973. The normalized spacial score (nSPS) is 44.7. The molecule has 2 heterocycles. The fourth-order valence-corrected chi connectivity index (χ4v) is 5.89. The van der Waals surface area contributed by atoms with Gasteiger partial charge in [0, 0.05) is 13.0 Å². The van der Waals surface area contributed by atoms with Crippen molar-refractivity contribution < 1.29 is 9.47 Å². The lowest BCUT2D eigenvalue weighted by Crippen LogP contribution is -2.38. The van der Waals surface area contributed by atoms with Gasteiger partial charge >= 0.3 is 0 Å². The molecule has 4 fully saturated rings. The molecule has 4 rings (SSSR count). The molecule has 126 valence electrons. The Balaban J connectivity index is 1.31. The predicted molar refractivity (Wildman–Crippen MR) is 87.7 cm³/mol. The van der Waals surface area contributed by atoms with Crippen LogP contribution in [0.4, 0.5) is 0 Å². The van der Waals surface area contributed by atoms with E-state index in [1.807, 2.05) is 0 Å². The summed E-state index contributed by atoms with van der Waals surface area (Å²) < 4.78 is 12.4. The van der Waals surface area contributed by atoms with E-state index >= 15 is 0 Å². The van der Waals surface area contributed by atoms with Crippen LogP contribution in [0.25, 0.3) is 0 Å². The molecule has 4 atom stereocenters. The van der Waals surface area contributed by atoms with E-state index in [1.165, 1.54) is 58.0 Å². The van der Waals surface area contributed by atoms with Crippen molar-refractivity contribution in [1.82, 2.24) is 4.90 Å². The maximum absolute atomic E-state index is 6.30. The number of nitrogens with zero attached hydrogens (tertiary/aromatic N) is 1. The number of ether oxygens (including phenoxy) is 2. The van der Waals surface area contributed by atoms with Gasteiger partial charge in [0.1, 0.15) is 0 Å². The molecule has 3 heteroatoms. The summed E-state index contributed by atoms with van der Waals surface area (Å²) in [6, 6.07) is 0. The summed E-state index contributed by atoms with van der Waals surface area (Å²) in [6.07, 6.45) is 11.3. The number of hydrogen-bond acceptors (Lipinski definition) is 3. The van der Waals surface area contributed by atoms with Crippen molar-refractivity contribution in [2.75, 3.05) is 26.2 Å². The lowest BCUT2D eigenvalue weighted by Gasteiger charge is -2.43. The topological polar surface area (TPSA) is 21.7 Å². The maximum atomic E-state index is 6.30. The first kappa shape index (κ1) is 15.4.